The number of anilines is 1. The summed E-state index contributed by atoms with van der Waals surface area (Å²) >= 11 is 0. The average molecular weight is 434 g/mol. The van der Waals surface area contributed by atoms with E-state index < -0.39 is 5.91 Å². The molecule has 0 fully saturated rings. The lowest BCUT2D eigenvalue weighted by Gasteiger charge is -2.06. The van der Waals surface area contributed by atoms with E-state index in [-0.39, 0.29) is 28.8 Å². The van der Waals surface area contributed by atoms with E-state index >= 15 is 0 Å². The van der Waals surface area contributed by atoms with Crippen LogP contribution >= 0.6 is 0 Å². The number of aryl methyl sites for hydroxylation is 1. The Labute approximate surface area is 181 Å². The van der Waals surface area contributed by atoms with Gasteiger partial charge in [-0.05, 0) is 41.0 Å². The second-order valence-corrected chi connectivity index (χ2v) is 6.67. The molecule has 2 heterocycles. The Morgan fingerprint density at radius 2 is 2.03 bits per heavy atom. The minimum Gasteiger partial charge on any atom is -0.504 e. The van der Waals surface area contributed by atoms with Crippen LogP contribution in [0.3, 0.4) is 0 Å². The van der Waals surface area contributed by atoms with Crippen molar-refractivity contribution in [2.24, 2.45) is 5.10 Å². The molecule has 0 saturated heterocycles. The molecule has 0 unspecified atom stereocenters. The Morgan fingerprint density at radius 1 is 1.25 bits per heavy atom. The molecule has 4 N–H and O–H groups in total. The van der Waals surface area contributed by atoms with Gasteiger partial charge in [-0.2, -0.15) is 9.78 Å². The van der Waals surface area contributed by atoms with Gasteiger partial charge in [0, 0.05) is 5.56 Å². The van der Waals surface area contributed by atoms with E-state index in [2.05, 4.69) is 35.8 Å². The molecule has 0 atom stereocenters. The molecule has 0 bridgehead atoms. The Bertz CT molecular complexity index is 1290. The molecule has 12 nitrogen and oxygen atoms in total. The number of phenolic OH excluding ortho intramolecular Hbond substituents is 1. The maximum Gasteiger partial charge on any atom is 0.294 e. The summed E-state index contributed by atoms with van der Waals surface area (Å²) < 4.78 is 11.0. The molecule has 1 amide bonds. The number of nitrogens with one attached hydrogen (secondary N) is 1. The van der Waals surface area contributed by atoms with Crippen LogP contribution in [0.4, 0.5) is 5.82 Å². The number of methoxy groups -OCH3 is 1. The molecular weight excluding hydrogens is 416 g/mol. The van der Waals surface area contributed by atoms with E-state index in [9.17, 15) is 9.90 Å². The second-order valence-electron chi connectivity index (χ2n) is 6.67. The van der Waals surface area contributed by atoms with Gasteiger partial charge in [-0.3, -0.25) is 4.79 Å². The van der Waals surface area contributed by atoms with E-state index in [0.717, 1.165) is 5.56 Å². The maximum absolute atomic E-state index is 12.8. The van der Waals surface area contributed by atoms with E-state index in [1.165, 1.54) is 24.1 Å². The van der Waals surface area contributed by atoms with Crippen molar-refractivity contribution in [2.75, 3.05) is 12.8 Å². The standard InChI is InChI=1S/C20H18N8O4/c1-11-3-6-13(7-4-11)17-16(23-27-28(17)19-18(21)25-32-26-19)20(30)24-22-10-12-5-8-14(29)15(9-12)31-2/h3-10,29H,1-2H3,(H2,21,25)(H,24,30)/b22-10-. The number of nitrogen functional groups attached to an aromatic ring is 1. The summed E-state index contributed by atoms with van der Waals surface area (Å²) in [6, 6.07) is 12.0. The quantitative estimate of drug-likeness (QED) is 0.302. The number of carbonyl (C=O) groups is 1. The van der Waals surface area contributed by atoms with Crippen molar-refractivity contribution >= 4 is 17.9 Å². The van der Waals surface area contributed by atoms with E-state index in [1.807, 2.05) is 31.2 Å². The van der Waals surface area contributed by atoms with Crippen molar-refractivity contribution in [3.8, 4) is 28.6 Å². The van der Waals surface area contributed by atoms with Crippen molar-refractivity contribution in [3.05, 3.63) is 59.3 Å². The van der Waals surface area contributed by atoms with Crippen LogP contribution in [-0.2, 0) is 0 Å². The van der Waals surface area contributed by atoms with Crippen LogP contribution in [0.15, 0.2) is 52.2 Å². The largest absolute Gasteiger partial charge is 0.504 e. The first-order chi connectivity index (χ1) is 15.5. The van der Waals surface area contributed by atoms with Crippen molar-refractivity contribution in [1.82, 2.24) is 30.7 Å². The van der Waals surface area contributed by atoms with E-state index in [0.29, 0.717) is 16.8 Å². The molecule has 12 heteroatoms. The first kappa shape index (κ1) is 20.5. The fourth-order valence-electron chi connectivity index (χ4n) is 2.88. The molecule has 32 heavy (non-hydrogen) atoms. The number of aromatic hydroxyl groups is 1. The van der Waals surface area contributed by atoms with Crippen LogP contribution in [0.5, 0.6) is 11.5 Å². The Hall–Kier alpha value is -4.74. The predicted molar refractivity (Wildman–Crippen MR) is 114 cm³/mol. The number of benzene rings is 2. The molecule has 0 aliphatic carbocycles. The van der Waals surface area contributed by atoms with Crippen LogP contribution in [0.1, 0.15) is 21.6 Å². The molecule has 2 aromatic carbocycles. The highest BCUT2D eigenvalue weighted by Crippen LogP contribution is 2.27. The summed E-state index contributed by atoms with van der Waals surface area (Å²) in [7, 11) is 1.44. The molecule has 0 spiro atoms. The molecule has 4 aromatic rings. The second kappa shape index (κ2) is 8.55. The minimum atomic E-state index is -0.608. The number of nitrogens with two attached hydrogens (primary N) is 1. The summed E-state index contributed by atoms with van der Waals surface area (Å²) in [4.78, 5) is 12.8. The number of rotatable bonds is 6. The van der Waals surface area contributed by atoms with Gasteiger partial charge in [0.15, 0.2) is 17.2 Å². The minimum absolute atomic E-state index is 0.00307. The van der Waals surface area contributed by atoms with Gasteiger partial charge in [0.2, 0.25) is 11.6 Å². The lowest BCUT2D eigenvalue weighted by atomic mass is 10.1. The third kappa shape index (κ3) is 3.96. The zero-order valence-electron chi connectivity index (χ0n) is 17.1. The Kier molecular flexibility index (Phi) is 5.49. The number of hydrogen-bond donors (Lipinski definition) is 3. The van der Waals surface area contributed by atoms with Gasteiger partial charge in [0.1, 0.15) is 5.69 Å². The summed E-state index contributed by atoms with van der Waals surface area (Å²) in [5.74, 6) is -0.233. The van der Waals surface area contributed by atoms with E-state index in [1.54, 1.807) is 12.1 Å². The molecule has 2 aromatic heterocycles. The molecule has 0 radical (unpaired) electrons. The number of ether oxygens (including phenoxy) is 1. The number of phenols is 1. The molecule has 0 saturated carbocycles. The van der Waals surface area contributed by atoms with Gasteiger partial charge in [0.05, 0.1) is 13.3 Å². The van der Waals surface area contributed by atoms with Crippen LogP contribution < -0.4 is 15.9 Å². The van der Waals surface area contributed by atoms with Gasteiger partial charge >= 0.3 is 0 Å². The Balaban J connectivity index is 1.65. The lowest BCUT2D eigenvalue weighted by molar-refractivity contribution is 0.0950. The molecule has 0 aliphatic heterocycles. The van der Waals surface area contributed by atoms with Crippen LogP contribution in [0.25, 0.3) is 17.1 Å². The monoisotopic (exact) mass is 434 g/mol. The van der Waals surface area contributed by atoms with E-state index in [4.69, 9.17) is 10.5 Å². The summed E-state index contributed by atoms with van der Waals surface area (Å²) in [5.41, 5.74) is 10.8. The van der Waals surface area contributed by atoms with Gasteiger partial charge in [-0.15, -0.1) is 5.10 Å². The first-order valence-electron chi connectivity index (χ1n) is 9.29. The van der Waals surface area contributed by atoms with Crippen LogP contribution in [0, 0.1) is 6.92 Å². The number of nitrogens with zero attached hydrogens (tertiary/aromatic N) is 6. The lowest BCUT2D eigenvalue weighted by Crippen LogP contribution is -2.19. The number of aromatic nitrogens is 5. The highest BCUT2D eigenvalue weighted by atomic mass is 16.6. The summed E-state index contributed by atoms with van der Waals surface area (Å²) in [6.45, 7) is 1.94. The summed E-state index contributed by atoms with van der Waals surface area (Å²) in [6.07, 6.45) is 1.40. The number of amides is 1. The number of hydrogen-bond acceptors (Lipinski definition) is 10. The maximum atomic E-state index is 12.8. The number of carbonyl (C=O) groups excluding carboxylic acids is 1. The van der Waals surface area contributed by atoms with Gasteiger partial charge in [-0.25, -0.2) is 10.1 Å². The topological polar surface area (TPSA) is 167 Å². The zero-order valence-corrected chi connectivity index (χ0v) is 17.1. The highest BCUT2D eigenvalue weighted by Gasteiger charge is 2.25. The Morgan fingerprint density at radius 3 is 2.72 bits per heavy atom. The molecule has 4 rings (SSSR count). The van der Waals surface area contributed by atoms with Crippen LogP contribution in [-0.4, -0.2) is 49.6 Å². The fraction of sp³-hybridized carbons (Fsp3) is 0.100. The molecule has 0 aliphatic rings. The highest BCUT2D eigenvalue weighted by molar-refractivity contribution is 5.98. The molecular formula is C20H18N8O4. The SMILES string of the molecule is COc1cc(/C=N\NC(=O)c2nnn(-c3nonc3N)c2-c2ccc(C)cc2)ccc1O. The van der Waals surface area contributed by atoms with Gasteiger partial charge in [-0.1, -0.05) is 35.0 Å². The normalized spacial score (nSPS) is 11.1. The number of hydrazone groups is 1. The van der Waals surface area contributed by atoms with Crippen molar-refractivity contribution < 1.29 is 19.3 Å². The van der Waals surface area contributed by atoms with Crippen LogP contribution in [0.2, 0.25) is 0 Å². The van der Waals surface area contributed by atoms with Crippen molar-refractivity contribution in [3.63, 3.8) is 0 Å². The average Bonchev–Trinajstić information content (AvgIpc) is 3.41. The third-order valence-corrected chi connectivity index (χ3v) is 4.49. The smallest absolute Gasteiger partial charge is 0.294 e. The summed E-state index contributed by atoms with van der Waals surface area (Å²) in [5, 5.41) is 28.9. The first-order valence-corrected chi connectivity index (χ1v) is 9.29. The zero-order chi connectivity index (χ0) is 22.7. The third-order valence-electron chi connectivity index (χ3n) is 4.49. The van der Waals surface area contributed by atoms with Gasteiger partial charge < -0.3 is 15.6 Å². The fourth-order valence-corrected chi connectivity index (χ4v) is 2.88. The van der Waals surface area contributed by atoms with Crippen molar-refractivity contribution in [1.29, 1.82) is 0 Å². The predicted octanol–water partition coefficient (Wildman–Crippen LogP) is 1.69. The van der Waals surface area contributed by atoms with Crippen molar-refractivity contribution in [2.45, 2.75) is 6.92 Å². The molecule has 162 valence electrons. The van der Waals surface area contributed by atoms with Gasteiger partial charge in [0.25, 0.3) is 5.91 Å².